The number of hydrogen-bond donors (Lipinski definition) is 0. The van der Waals surface area contributed by atoms with Crippen molar-refractivity contribution in [3.05, 3.63) is 132 Å². The Kier molecular flexibility index (Phi) is 10.4. The predicted octanol–water partition coefficient (Wildman–Crippen LogP) is 11.4. The average molecular weight is 854 g/mol. The normalized spacial score (nSPS) is 11.9. The van der Waals surface area contributed by atoms with E-state index in [-0.39, 0.29) is 26.5 Å². The van der Waals surface area contributed by atoms with Gasteiger partial charge in [-0.05, 0) is 94.1 Å². The third kappa shape index (κ3) is 7.46. The Balaban J connectivity index is 0.00000448. The maximum Gasteiger partial charge on any atom is 2.00 e. The third-order valence-electron chi connectivity index (χ3n) is 9.23. The van der Waals surface area contributed by atoms with E-state index in [1.54, 1.807) is 0 Å². The van der Waals surface area contributed by atoms with Crippen molar-refractivity contribution < 1.29 is 25.8 Å². The molecular formula is C45H46N4OPt. The molecule has 0 aliphatic rings. The number of ether oxygens (including phenoxy) is 1. The molecule has 51 heavy (non-hydrogen) atoms. The molecule has 6 heteroatoms. The number of rotatable bonds is 9. The van der Waals surface area contributed by atoms with Crippen molar-refractivity contribution >= 4 is 21.8 Å². The van der Waals surface area contributed by atoms with Crippen LogP contribution < -0.4 is 4.74 Å². The van der Waals surface area contributed by atoms with Gasteiger partial charge in [0, 0.05) is 35.0 Å². The summed E-state index contributed by atoms with van der Waals surface area (Å²) in [6, 6.07) is 34.3. The van der Waals surface area contributed by atoms with Crippen molar-refractivity contribution in [1.29, 1.82) is 0 Å². The predicted molar refractivity (Wildman–Crippen MR) is 206 cm³/mol. The zero-order chi connectivity index (χ0) is 35.2. The van der Waals surface area contributed by atoms with Crippen molar-refractivity contribution in [3.8, 4) is 34.1 Å². The molecule has 7 aromatic rings. The summed E-state index contributed by atoms with van der Waals surface area (Å²) in [4.78, 5) is 4.71. The van der Waals surface area contributed by atoms with Crippen molar-refractivity contribution in [2.24, 2.45) is 11.8 Å². The van der Waals surface area contributed by atoms with Crippen molar-refractivity contribution in [2.45, 2.75) is 73.6 Å². The minimum atomic E-state index is 0. The number of para-hydroxylation sites is 1. The fourth-order valence-corrected chi connectivity index (χ4v) is 7.13. The van der Waals surface area contributed by atoms with Crippen LogP contribution in [0.4, 0.5) is 0 Å². The van der Waals surface area contributed by atoms with Crippen LogP contribution in [0.5, 0.6) is 11.5 Å². The van der Waals surface area contributed by atoms with E-state index < -0.39 is 0 Å². The van der Waals surface area contributed by atoms with Gasteiger partial charge in [-0.15, -0.1) is 35.7 Å². The van der Waals surface area contributed by atoms with E-state index in [1.807, 2.05) is 47.4 Å². The van der Waals surface area contributed by atoms with Crippen LogP contribution in [0.3, 0.4) is 0 Å². The molecule has 0 atom stereocenters. The third-order valence-corrected chi connectivity index (χ3v) is 9.23. The molecule has 0 fully saturated rings. The number of fused-ring (bicyclic) bond motifs is 3. The smallest absolute Gasteiger partial charge is 0.509 e. The van der Waals surface area contributed by atoms with Gasteiger partial charge in [-0.25, -0.2) is 4.98 Å². The average Bonchev–Trinajstić information content (AvgIpc) is 3.67. The zero-order valence-corrected chi connectivity index (χ0v) is 33.1. The fourth-order valence-electron chi connectivity index (χ4n) is 7.13. The first-order valence-electron chi connectivity index (χ1n) is 17.8. The number of pyridine rings is 1. The molecule has 3 heterocycles. The van der Waals surface area contributed by atoms with Crippen LogP contribution in [0.25, 0.3) is 44.4 Å². The summed E-state index contributed by atoms with van der Waals surface area (Å²) in [6.07, 6.45) is 8.05. The number of aromatic nitrogens is 4. The van der Waals surface area contributed by atoms with E-state index in [2.05, 4.69) is 127 Å². The summed E-state index contributed by atoms with van der Waals surface area (Å²) in [5, 5.41) is 7.12. The fraction of sp³-hybridized carbons (Fsp3) is 0.289. The second-order valence-electron chi connectivity index (χ2n) is 15.4. The summed E-state index contributed by atoms with van der Waals surface area (Å²) < 4.78 is 10.5. The van der Waals surface area contributed by atoms with Gasteiger partial charge in [-0.1, -0.05) is 84.3 Å². The first-order valence-corrected chi connectivity index (χ1v) is 17.8. The Bertz CT molecular complexity index is 2320. The molecule has 3 aromatic heterocycles. The zero-order valence-electron chi connectivity index (χ0n) is 30.8. The summed E-state index contributed by atoms with van der Waals surface area (Å²) >= 11 is 0. The minimum Gasteiger partial charge on any atom is -0.509 e. The molecule has 0 unspecified atom stereocenters. The van der Waals surface area contributed by atoms with E-state index in [0.717, 1.165) is 57.3 Å². The molecule has 0 saturated carbocycles. The maximum absolute atomic E-state index is 6.44. The molecule has 0 aliphatic carbocycles. The van der Waals surface area contributed by atoms with Gasteiger partial charge in [0.05, 0.1) is 6.20 Å². The Labute approximate surface area is 317 Å². The summed E-state index contributed by atoms with van der Waals surface area (Å²) in [6.45, 7) is 18.2. The van der Waals surface area contributed by atoms with Gasteiger partial charge in [0.25, 0.3) is 0 Å². The first-order chi connectivity index (χ1) is 24.0. The van der Waals surface area contributed by atoms with Gasteiger partial charge in [0.15, 0.2) is 0 Å². The largest absolute Gasteiger partial charge is 2.00 e. The second kappa shape index (κ2) is 14.6. The quantitative estimate of drug-likeness (QED) is 0.136. The van der Waals surface area contributed by atoms with Crippen LogP contribution >= 0.6 is 0 Å². The molecule has 0 N–H and O–H groups in total. The van der Waals surface area contributed by atoms with Gasteiger partial charge in [0.1, 0.15) is 5.82 Å². The van der Waals surface area contributed by atoms with Crippen molar-refractivity contribution in [2.75, 3.05) is 0 Å². The SMILES string of the molecule is Cc1ccnc(-n2c3[c-]c(Oc4[c-]c(-n5cc(-c6c(CC(C)C)ccc(C(C)(C)C)c6CC(C)C)cn5)ccc4)ccc3c3ccccc32)c1.[Pt+2]. The molecule has 262 valence electrons. The van der Waals surface area contributed by atoms with Gasteiger partial charge in [-0.2, -0.15) is 17.2 Å². The van der Waals surface area contributed by atoms with Gasteiger partial charge in [-0.3, -0.25) is 4.68 Å². The van der Waals surface area contributed by atoms with Crippen molar-refractivity contribution in [1.82, 2.24) is 19.3 Å². The second-order valence-corrected chi connectivity index (χ2v) is 15.4. The molecule has 4 aromatic carbocycles. The molecule has 0 radical (unpaired) electrons. The molecular weight excluding hydrogens is 808 g/mol. The Morgan fingerprint density at radius 3 is 2.31 bits per heavy atom. The maximum atomic E-state index is 6.44. The summed E-state index contributed by atoms with van der Waals surface area (Å²) in [5.74, 6) is 3.14. The van der Waals surface area contributed by atoms with Crippen LogP contribution in [-0.4, -0.2) is 19.3 Å². The van der Waals surface area contributed by atoms with Crippen LogP contribution in [0, 0.1) is 30.9 Å². The topological polar surface area (TPSA) is 44.9 Å². The monoisotopic (exact) mass is 853 g/mol. The summed E-state index contributed by atoms with van der Waals surface area (Å²) in [7, 11) is 0. The Morgan fingerprint density at radius 1 is 0.804 bits per heavy atom. The Morgan fingerprint density at radius 2 is 1.57 bits per heavy atom. The molecule has 0 amide bonds. The van der Waals surface area contributed by atoms with Gasteiger partial charge in [0.2, 0.25) is 0 Å². The Hall–Kier alpha value is -4.47. The van der Waals surface area contributed by atoms with Gasteiger partial charge < -0.3 is 9.30 Å². The van der Waals surface area contributed by atoms with Gasteiger partial charge >= 0.3 is 21.1 Å². The van der Waals surface area contributed by atoms with Crippen LogP contribution in [-0.2, 0) is 39.3 Å². The molecule has 0 saturated heterocycles. The van der Waals surface area contributed by atoms with E-state index in [1.165, 1.54) is 22.3 Å². The molecule has 0 spiro atoms. The van der Waals surface area contributed by atoms with Crippen LogP contribution in [0.15, 0.2) is 97.5 Å². The molecule has 0 bridgehead atoms. The van der Waals surface area contributed by atoms with Crippen molar-refractivity contribution in [3.63, 3.8) is 0 Å². The number of benzene rings is 4. The molecule has 0 aliphatic heterocycles. The van der Waals surface area contributed by atoms with Crippen LogP contribution in [0.2, 0.25) is 0 Å². The summed E-state index contributed by atoms with van der Waals surface area (Å²) in [5.41, 5.74) is 10.7. The van der Waals surface area contributed by atoms with E-state index in [4.69, 9.17) is 14.8 Å². The number of nitrogens with zero attached hydrogens (tertiary/aromatic N) is 4. The molecule has 7 rings (SSSR count). The first kappa shape index (κ1) is 36.3. The number of hydrogen-bond acceptors (Lipinski definition) is 3. The minimum absolute atomic E-state index is 0. The van der Waals surface area contributed by atoms with E-state index in [9.17, 15) is 0 Å². The van der Waals surface area contributed by atoms with E-state index >= 15 is 0 Å². The number of aryl methyl sites for hydroxylation is 1. The van der Waals surface area contributed by atoms with E-state index in [0.29, 0.717) is 23.3 Å². The van der Waals surface area contributed by atoms with Crippen LogP contribution in [0.1, 0.15) is 70.7 Å². The molecule has 5 nitrogen and oxygen atoms in total. The standard InChI is InChI=1S/C45H46N4O.Pt/c1-29(2)22-32-16-19-40(45(6,7)8)39(23-30(3)4)44(32)33-27-47-48(28-33)34-12-11-13-35(25-34)50-36-17-18-38-37-14-9-10-15-41(37)49(42(38)26-36)43-24-31(5)20-21-46-43;/h9-21,24,27-30H,22-23H2,1-8H3;/q-2;+2.